The molecule has 2 saturated heterocycles. The molecule has 0 atom stereocenters. The third kappa shape index (κ3) is 4.08. The standard InChI is InChI=1S/C15H22N4O4S/c20-13(14(21)17-12-1-6-23-18-12)16-11-15(2-7-22-8-3-15)19-4-9-24-10-5-19/h1,6H,2-5,7-11H2,(H,16,20)(H,17,18,21). The van der Waals surface area contributed by atoms with E-state index in [1.54, 1.807) is 0 Å². The van der Waals surface area contributed by atoms with E-state index < -0.39 is 11.8 Å². The van der Waals surface area contributed by atoms with E-state index in [4.69, 9.17) is 4.74 Å². The van der Waals surface area contributed by atoms with Gasteiger partial charge in [0.2, 0.25) is 0 Å². The fraction of sp³-hybridized carbons (Fsp3) is 0.667. The van der Waals surface area contributed by atoms with Gasteiger partial charge in [0.15, 0.2) is 5.82 Å². The molecule has 2 N–H and O–H groups in total. The topological polar surface area (TPSA) is 96.7 Å². The number of hydrogen-bond donors (Lipinski definition) is 2. The maximum atomic E-state index is 12.1. The number of amides is 2. The molecule has 2 aliphatic rings. The van der Waals surface area contributed by atoms with Gasteiger partial charge < -0.3 is 14.6 Å². The van der Waals surface area contributed by atoms with Crippen molar-refractivity contribution in [3.05, 3.63) is 12.3 Å². The summed E-state index contributed by atoms with van der Waals surface area (Å²) in [7, 11) is 0. The lowest BCUT2D eigenvalue weighted by Gasteiger charge is -2.47. The number of nitrogens with one attached hydrogen (secondary N) is 2. The molecule has 0 spiro atoms. The molecule has 0 aromatic carbocycles. The zero-order chi connectivity index (χ0) is 16.8. The Hall–Kier alpha value is -1.58. The number of carbonyl (C=O) groups is 2. The molecule has 2 aliphatic heterocycles. The van der Waals surface area contributed by atoms with Crippen molar-refractivity contribution in [1.29, 1.82) is 0 Å². The number of nitrogens with zero attached hydrogens (tertiary/aromatic N) is 2. The van der Waals surface area contributed by atoms with Crippen LogP contribution in [0.5, 0.6) is 0 Å². The number of carbonyl (C=O) groups excluding carboxylic acids is 2. The third-order valence-electron chi connectivity index (χ3n) is 4.57. The SMILES string of the molecule is O=C(NCC1(N2CCSCC2)CCOCC1)C(=O)Nc1ccon1. The highest BCUT2D eigenvalue weighted by Crippen LogP contribution is 2.29. The quantitative estimate of drug-likeness (QED) is 0.752. The number of hydrogen-bond acceptors (Lipinski definition) is 7. The van der Waals surface area contributed by atoms with Gasteiger partial charge >= 0.3 is 11.8 Å². The monoisotopic (exact) mass is 354 g/mol. The second kappa shape index (κ2) is 8.00. The van der Waals surface area contributed by atoms with Crippen LogP contribution in [0.15, 0.2) is 16.9 Å². The molecule has 0 bridgehead atoms. The minimum absolute atomic E-state index is 0.122. The molecule has 0 aliphatic carbocycles. The minimum Gasteiger partial charge on any atom is -0.381 e. The summed E-state index contributed by atoms with van der Waals surface area (Å²) in [4.78, 5) is 26.5. The van der Waals surface area contributed by atoms with Crippen LogP contribution in [-0.4, -0.2) is 71.8 Å². The van der Waals surface area contributed by atoms with E-state index >= 15 is 0 Å². The first kappa shape index (κ1) is 17.2. The molecule has 3 heterocycles. The van der Waals surface area contributed by atoms with Crippen molar-refractivity contribution < 1.29 is 18.8 Å². The first-order chi connectivity index (χ1) is 11.7. The summed E-state index contributed by atoms with van der Waals surface area (Å²) < 4.78 is 10.1. The molecule has 1 aromatic heterocycles. The van der Waals surface area contributed by atoms with Crippen molar-refractivity contribution in [3.8, 4) is 0 Å². The summed E-state index contributed by atoms with van der Waals surface area (Å²) in [5.41, 5.74) is -0.122. The van der Waals surface area contributed by atoms with Crippen LogP contribution < -0.4 is 10.6 Å². The maximum absolute atomic E-state index is 12.1. The van der Waals surface area contributed by atoms with E-state index in [1.807, 2.05) is 11.8 Å². The lowest BCUT2D eigenvalue weighted by Crippen LogP contribution is -2.61. The fourth-order valence-corrected chi connectivity index (χ4v) is 4.07. The van der Waals surface area contributed by atoms with E-state index in [-0.39, 0.29) is 11.4 Å². The molecule has 0 radical (unpaired) electrons. The van der Waals surface area contributed by atoms with Crippen LogP contribution in [0.3, 0.4) is 0 Å². The van der Waals surface area contributed by atoms with Gasteiger partial charge in [0, 0.05) is 56.0 Å². The second-order valence-electron chi connectivity index (χ2n) is 5.96. The Labute approximate surface area is 144 Å². The molecule has 0 saturated carbocycles. The Bertz CT molecular complexity index is 554. The maximum Gasteiger partial charge on any atom is 0.314 e. The fourth-order valence-electron chi connectivity index (χ4n) is 3.17. The Morgan fingerprint density at radius 2 is 2.00 bits per heavy atom. The van der Waals surface area contributed by atoms with E-state index in [0.29, 0.717) is 19.8 Å². The minimum atomic E-state index is -0.736. The van der Waals surface area contributed by atoms with Crippen molar-refractivity contribution in [2.24, 2.45) is 0 Å². The Morgan fingerprint density at radius 1 is 1.25 bits per heavy atom. The van der Waals surface area contributed by atoms with Crippen molar-refractivity contribution in [2.45, 2.75) is 18.4 Å². The third-order valence-corrected chi connectivity index (χ3v) is 5.51. The molecule has 9 heteroatoms. The molecule has 2 amide bonds. The molecule has 0 unspecified atom stereocenters. The smallest absolute Gasteiger partial charge is 0.314 e. The van der Waals surface area contributed by atoms with Gasteiger partial charge in [-0.05, 0) is 12.8 Å². The number of thioether (sulfide) groups is 1. The molecule has 1 aromatic rings. The zero-order valence-electron chi connectivity index (χ0n) is 13.5. The van der Waals surface area contributed by atoms with Gasteiger partial charge in [0.1, 0.15) is 6.26 Å². The average molecular weight is 354 g/mol. The van der Waals surface area contributed by atoms with Gasteiger partial charge in [-0.25, -0.2) is 0 Å². The summed E-state index contributed by atoms with van der Waals surface area (Å²) in [6.07, 6.45) is 3.06. The molecule has 8 nitrogen and oxygen atoms in total. The summed E-state index contributed by atoms with van der Waals surface area (Å²) in [5, 5.41) is 8.75. The van der Waals surface area contributed by atoms with Crippen LogP contribution >= 0.6 is 11.8 Å². The van der Waals surface area contributed by atoms with Crippen molar-refractivity contribution in [2.75, 3.05) is 49.7 Å². The highest BCUT2D eigenvalue weighted by molar-refractivity contribution is 7.99. The Kier molecular flexibility index (Phi) is 5.75. The van der Waals surface area contributed by atoms with E-state index in [9.17, 15) is 9.59 Å². The molecule has 24 heavy (non-hydrogen) atoms. The van der Waals surface area contributed by atoms with Crippen molar-refractivity contribution >= 4 is 29.4 Å². The van der Waals surface area contributed by atoms with Crippen LogP contribution in [0.1, 0.15) is 12.8 Å². The van der Waals surface area contributed by atoms with E-state index in [2.05, 4.69) is 25.2 Å². The van der Waals surface area contributed by atoms with Gasteiger partial charge in [-0.15, -0.1) is 0 Å². The van der Waals surface area contributed by atoms with Gasteiger partial charge in [-0.2, -0.15) is 11.8 Å². The number of ether oxygens (including phenoxy) is 1. The van der Waals surface area contributed by atoms with Crippen LogP contribution in [0.25, 0.3) is 0 Å². The molecule has 132 valence electrons. The molecular weight excluding hydrogens is 332 g/mol. The van der Waals surface area contributed by atoms with Crippen LogP contribution in [0, 0.1) is 0 Å². The number of aromatic nitrogens is 1. The normalized spacial score (nSPS) is 21.2. The number of rotatable bonds is 4. The first-order valence-corrected chi connectivity index (χ1v) is 9.25. The van der Waals surface area contributed by atoms with Gasteiger partial charge in [0.25, 0.3) is 0 Å². The van der Waals surface area contributed by atoms with E-state index in [1.165, 1.54) is 12.3 Å². The molecule has 3 rings (SSSR count). The highest BCUT2D eigenvalue weighted by Gasteiger charge is 2.39. The summed E-state index contributed by atoms with van der Waals surface area (Å²) >= 11 is 1.95. The van der Waals surface area contributed by atoms with Crippen LogP contribution in [-0.2, 0) is 14.3 Å². The van der Waals surface area contributed by atoms with Gasteiger partial charge in [0.05, 0.1) is 0 Å². The summed E-state index contributed by atoms with van der Waals surface area (Å²) in [6, 6.07) is 1.48. The largest absolute Gasteiger partial charge is 0.381 e. The lowest BCUT2D eigenvalue weighted by atomic mass is 9.87. The molecular formula is C15H22N4O4S. The van der Waals surface area contributed by atoms with Crippen molar-refractivity contribution in [1.82, 2.24) is 15.4 Å². The summed E-state index contributed by atoms with van der Waals surface area (Å²) in [5.74, 6) is 1.03. The lowest BCUT2D eigenvalue weighted by molar-refractivity contribution is -0.136. The Morgan fingerprint density at radius 3 is 2.67 bits per heavy atom. The Balaban J connectivity index is 1.58. The highest BCUT2D eigenvalue weighted by atomic mass is 32.2. The van der Waals surface area contributed by atoms with Crippen LogP contribution in [0.4, 0.5) is 5.82 Å². The van der Waals surface area contributed by atoms with Gasteiger partial charge in [-0.3, -0.25) is 19.8 Å². The second-order valence-corrected chi connectivity index (χ2v) is 7.18. The van der Waals surface area contributed by atoms with Gasteiger partial charge in [-0.1, -0.05) is 5.16 Å². The number of anilines is 1. The predicted molar refractivity (Wildman–Crippen MR) is 89.8 cm³/mol. The summed E-state index contributed by atoms with van der Waals surface area (Å²) in [6.45, 7) is 3.83. The zero-order valence-corrected chi connectivity index (χ0v) is 14.3. The molecule has 2 fully saturated rings. The first-order valence-electron chi connectivity index (χ1n) is 8.10. The predicted octanol–water partition coefficient (Wildman–Crippen LogP) is 0.327. The van der Waals surface area contributed by atoms with Crippen LogP contribution in [0.2, 0.25) is 0 Å². The van der Waals surface area contributed by atoms with Crippen molar-refractivity contribution in [3.63, 3.8) is 0 Å². The van der Waals surface area contributed by atoms with E-state index in [0.717, 1.165) is 37.4 Å². The average Bonchev–Trinajstić information content (AvgIpc) is 3.14.